The molecule has 0 aromatic carbocycles. The molecule has 14 heavy (non-hydrogen) atoms. The second-order valence-electron chi connectivity index (χ2n) is 5.04. The maximum atomic E-state index is 12.7. The van der Waals surface area contributed by atoms with Crippen LogP contribution in [0.5, 0.6) is 0 Å². The molecule has 0 N–H and O–H groups in total. The van der Waals surface area contributed by atoms with E-state index in [-0.39, 0.29) is 0 Å². The molecule has 1 saturated carbocycles. The largest absolute Gasteiger partial charge is 0.395 e. The summed E-state index contributed by atoms with van der Waals surface area (Å²) in [5, 5.41) is 0. The van der Waals surface area contributed by atoms with Gasteiger partial charge < -0.3 is 0 Å². The molecule has 0 aliphatic heterocycles. The molecule has 1 rings (SSSR count). The van der Waals surface area contributed by atoms with Gasteiger partial charge in [0.25, 0.3) is 0 Å². The van der Waals surface area contributed by atoms with Gasteiger partial charge in [-0.15, -0.1) is 0 Å². The Bertz CT molecular complexity index is 209. The van der Waals surface area contributed by atoms with E-state index in [4.69, 9.17) is 0 Å². The van der Waals surface area contributed by atoms with Gasteiger partial charge in [0.1, 0.15) is 0 Å². The smallest absolute Gasteiger partial charge is 0.207 e. The van der Waals surface area contributed by atoms with E-state index >= 15 is 0 Å². The van der Waals surface area contributed by atoms with Crippen molar-refractivity contribution in [1.29, 1.82) is 0 Å². The van der Waals surface area contributed by atoms with Crippen LogP contribution in [0.2, 0.25) is 0 Å². The van der Waals surface area contributed by atoms with Crippen molar-refractivity contribution in [1.82, 2.24) is 0 Å². The van der Waals surface area contributed by atoms with Crippen molar-refractivity contribution in [2.24, 2.45) is 10.8 Å². The molecule has 0 nitrogen and oxygen atoms in total. The van der Waals surface area contributed by atoms with Gasteiger partial charge in [-0.25, -0.2) is 8.78 Å². The minimum atomic E-state index is -4.55. The number of hydrogen-bond acceptors (Lipinski definition) is 0. The first-order valence-corrected chi connectivity index (χ1v) is 4.36. The summed E-state index contributed by atoms with van der Waals surface area (Å²) >= 11 is 0. The molecule has 0 saturated heterocycles. The molecular weight excluding hydrogens is 203 g/mol. The van der Waals surface area contributed by atoms with E-state index in [1.54, 1.807) is 0 Å². The molecule has 0 spiro atoms. The molecule has 0 unspecified atom stereocenters. The van der Waals surface area contributed by atoms with Gasteiger partial charge in [0, 0.05) is 12.8 Å². The van der Waals surface area contributed by atoms with Gasteiger partial charge in [-0.2, -0.15) is 13.2 Å². The molecule has 0 heterocycles. The van der Waals surface area contributed by atoms with Gasteiger partial charge in [-0.05, 0) is 5.41 Å². The van der Waals surface area contributed by atoms with Gasteiger partial charge in [0.2, 0.25) is 5.92 Å². The number of rotatable bonds is 0. The molecule has 84 valence electrons. The molecule has 0 aromatic heterocycles. The first kappa shape index (κ1) is 11.7. The summed E-state index contributed by atoms with van der Waals surface area (Å²) in [4.78, 5) is 0. The molecular formula is C9H13F5. The second-order valence-corrected chi connectivity index (χ2v) is 5.04. The zero-order valence-electron chi connectivity index (χ0n) is 8.30. The Kier molecular flexibility index (Phi) is 2.19. The molecule has 0 atom stereocenters. The van der Waals surface area contributed by atoms with Gasteiger partial charge in [-0.1, -0.05) is 20.8 Å². The van der Waals surface area contributed by atoms with Crippen molar-refractivity contribution in [3.63, 3.8) is 0 Å². The Morgan fingerprint density at radius 2 is 1.29 bits per heavy atom. The lowest BCUT2D eigenvalue weighted by molar-refractivity contribution is -0.341. The standard InChI is InChI=1S/C9H13F5/c1-6(2,3)7(9(12,13)14)4-8(10,11)5-7/h4-5H2,1-3H3. The molecule has 1 aliphatic carbocycles. The van der Waals surface area contributed by atoms with E-state index in [1.807, 2.05) is 0 Å². The Hall–Kier alpha value is -0.350. The van der Waals surface area contributed by atoms with E-state index in [2.05, 4.69) is 0 Å². The molecule has 0 amide bonds. The maximum absolute atomic E-state index is 12.7. The topological polar surface area (TPSA) is 0 Å². The van der Waals surface area contributed by atoms with E-state index < -0.39 is 35.8 Å². The van der Waals surface area contributed by atoms with Crippen LogP contribution in [0, 0.1) is 10.8 Å². The first-order chi connectivity index (χ1) is 5.91. The molecule has 0 aromatic rings. The lowest BCUT2D eigenvalue weighted by Crippen LogP contribution is -2.61. The number of hydrogen-bond donors (Lipinski definition) is 0. The molecule has 0 radical (unpaired) electrons. The van der Waals surface area contributed by atoms with Crippen molar-refractivity contribution in [2.75, 3.05) is 0 Å². The van der Waals surface area contributed by atoms with Gasteiger partial charge >= 0.3 is 6.18 Å². The van der Waals surface area contributed by atoms with Crippen LogP contribution in [-0.4, -0.2) is 12.1 Å². The Morgan fingerprint density at radius 3 is 1.36 bits per heavy atom. The Labute approximate surface area is 79.5 Å². The van der Waals surface area contributed by atoms with Crippen LogP contribution in [0.1, 0.15) is 33.6 Å². The fourth-order valence-corrected chi connectivity index (χ4v) is 1.99. The van der Waals surface area contributed by atoms with Crippen molar-refractivity contribution in [3.8, 4) is 0 Å². The van der Waals surface area contributed by atoms with Crippen LogP contribution in [0.3, 0.4) is 0 Å². The summed E-state index contributed by atoms with van der Waals surface area (Å²) in [5.74, 6) is -3.15. The third-order valence-corrected chi connectivity index (χ3v) is 3.10. The first-order valence-electron chi connectivity index (χ1n) is 4.36. The van der Waals surface area contributed by atoms with E-state index in [0.717, 1.165) is 0 Å². The van der Waals surface area contributed by atoms with Crippen molar-refractivity contribution in [2.45, 2.75) is 45.7 Å². The minimum Gasteiger partial charge on any atom is -0.207 e. The third kappa shape index (κ3) is 1.50. The van der Waals surface area contributed by atoms with Crippen molar-refractivity contribution in [3.05, 3.63) is 0 Å². The quantitative estimate of drug-likeness (QED) is 0.536. The highest BCUT2D eigenvalue weighted by Gasteiger charge is 2.73. The van der Waals surface area contributed by atoms with E-state index in [1.165, 1.54) is 20.8 Å². The molecule has 1 aliphatic rings. The lowest BCUT2D eigenvalue weighted by atomic mass is 9.53. The van der Waals surface area contributed by atoms with Crippen LogP contribution in [0.15, 0.2) is 0 Å². The predicted octanol–water partition coefficient (Wildman–Crippen LogP) is 4.01. The molecule has 0 bridgehead atoms. The highest BCUT2D eigenvalue weighted by atomic mass is 19.4. The maximum Gasteiger partial charge on any atom is 0.395 e. The van der Waals surface area contributed by atoms with Gasteiger partial charge in [-0.3, -0.25) is 0 Å². The van der Waals surface area contributed by atoms with E-state index in [0.29, 0.717) is 0 Å². The fraction of sp³-hybridized carbons (Fsp3) is 1.00. The highest BCUT2D eigenvalue weighted by Crippen LogP contribution is 2.67. The summed E-state index contributed by atoms with van der Waals surface area (Å²) in [6.45, 7) is 4.07. The van der Waals surface area contributed by atoms with Crippen LogP contribution in [0.4, 0.5) is 22.0 Å². The van der Waals surface area contributed by atoms with Crippen LogP contribution in [0.25, 0.3) is 0 Å². The van der Waals surface area contributed by atoms with E-state index in [9.17, 15) is 22.0 Å². The summed E-state index contributed by atoms with van der Waals surface area (Å²) in [6.07, 6.45) is -6.70. The van der Waals surface area contributed by atoms with Gasteiger partial charge in [0.15, 0.2) is 0 Å². The summed E-state index contributed by atoms with van der Waals surface area (Å²) in [5.41, 5.74) is -3.39. The molecule has 1 fully saturated rings. The van der Waals surface area contributed by atoms with Gasteiger partial charge in [0.05, 0.1) is 5.41 Å². The SMILES string of the molecule is CC(C)(C)C1(C(F)(F)F)CC(F)(F)C1. The van der Waals surface area contributed by atoms with Crippen molar-refractivity contribution >= 4 is 0 Å². The highest BCUT2D eigenvalue weighted by molar-refractivity contribution is 5.08. The predicted molar refractivity (Wildman–Crippen MR) is 42.1 cm³/mol. The average molecular weight is 216 g/mol. The molecule has 5 heteroatoms. The number of halogens is 5. The number of alkyl halides is 5. The third-order valence-electron chi connectivity index (χ3n) is 3.10. The second kappa shape index (κ2) is 2.61. The monoisotopic (exact) mass is 216 g/mol. The Morgan fingerprint density at radius 1 is 0.929 bits per heavy atom. The van der Waals surface area contributed by atoms with Crippen LogP contribution in [-0.2, 0) is 0 Å². The Balaban J connectivity index is 2.99. The summed E-state index contributed by atoms with van der Waals surface area (Å²) < 4.78 is 63.2. The average Bonchev–Trinajstić information content (AvgIpc) is 1.75. The van der Waals surface area contributed by atoms with Crippen molar-refractivity contribution < 1.29 is 22.0 Å². The minimum absolute atomic E-state index is 1.08. The normalized spacial score (nSPS) is 25.7. The lowest BCUT2D eigenvalue weighted by Gasteiger charge is -2.55. The zero-order valence-corrected chi connectivity index (χ0v) is 8.30. The van der Waals surface area contributed by atoms with Crippen LogP contribution < -0.4 is 0 Å². The zero-order chi connectivity index (χ0) is 11.4. The fourth-order valence-electron chi connectivity index (χ4n) is 1.99. The van der Waals surface area contributed by atoms with Crippen LogP contribution >= 0.6 is 0 Å². The summed E-state index contributed by atoms with van der Waals surface area (Å²) in [6, 6.07) is 0. The summed E-state index contributed by atoms with van der Waals surface area (Å²) in [7, 11) is 0.